The molecule has 0 fully saturated rings. The molecule has 0 spiro atoms. The minimum atomic E-state index is -0.147. The zero-order valence-electron chi connectivity index (χ0n) is 10.8. The third kappa shape index (κ3) is 1.56. The van der Waals surface area contributed by atoms with Crippen molar-refractivity contribution in [2.24, 2.45) is 4.99 Å². The molecule has 2 atom stereocenters. The number of aliphatic imine (C=N–C) groups is 1. The molecule has 0 saturated carbocycles. The first-order valence-electron chi connectivity index (χ1n) is 6.71. The first-order valence-corrected chi connectivity index (χ1v) is 6.71. The van der Waals surface area contributed by atoms with Gasteiger partial charge in [-0.25, -0.2) is 0 Å². The number of fused-ring (bicyclic) bond motifs is 3. The second kappa shape index (κ2) is 4.23. The van der Waals surface area contributed by atoms with Crippen molar-refractivity contribution in [3.8, 4) is 0 Å². The topological polar surface area (TPSA) is 35.8 Å². The minimum absolute atomic E-state index is 0.0152. The fourth-order valence-corrected chi connectivity index (χ4v) is 2.95. The highest BCUT2D eigenvalue weighted by molar-refractivity contribution is 5.76. The van der Waals surface area contributed by atoms with E-state index in [1.807, 2.05) is 65.7 Å². The van der Waals surface area contributed by atoms with Crippen molar-refractivity contribution >= 4 is 12.3 Å². The molecule has 3 heteroatoms. The van der Waals surface area contributed by atoms with Crippen molar-refractivity contribution in [2.45, 2.75) is 12.2 Å². The van der Waals surface area contributed by atoms with Gasteiger partial charge in [0, 0.05) is 12.3 Å². The van der Waals surface area contributed by atoms with Gasteiger partial charge in [-0.05, 0) is 16.7 Å². The number of hydrogen-bond donors (Lipinski definition) is 1. The van der Waals surface area contributed by atoms with Crippen LogP contribution >= 0.6 is 0 Å². The van der Waals surface area contributed by atoms with Gasteiger partial charge in [-0.1, -0.05) is 54.6 Å². The Labute approximate surface area is 117 Å². The summed E-state index contributed by atoms with van der Waals surface area (Å²) in [4.78, 5) is 6.56. The number of benzene rings is 2. The van der Waals surface area contributed by atoms with Crippen molar-refractivity contribution in [2.75, 3.05) is 0 Å². The number of nitrogens with zero attached hydrogens (tertiary/aromatic N) is 2. The van der Waals surface area contributed by atoms with Gasteiger partial charge in [0.05, 0.1) is 6.04 Å². The lowest BCUT2D eigenvalue weighted by Gasteiger charge is -2.34. The van der Waals surface area contributed by atoms with Crippen molar-refractivity contribution in [1.82, 2.24) is 4.90 Å². The lowest BCUT2D eigenvalue weighted by Crippen LogP contribution is -2.30. The van der Waals surface area contributed by atoms with Gasteiger partial charge in [0.1, 0.15) is 6.17 Å². The Morgan fingerprint density at radius 2 is 1.70 bits per heavy atom. The molecule has 98 valence electrons. The SMILES string of the molecule is OC1=Cc2ccccc2C2C=NC(c3ccccc3)N12. The summed E-state index contributed by atoms with van der Waals surface area (Å²) in [6, 6.07) is 18.2. The average Bonchev–Trinajstić information content (AvgIpc) is 2.94. The highest BCUT2D eigenvalue weighted by atomic mass is 16.3. The molecule has 2 aliphatic heterocycles. The van der Waals surface area contributed by atoms with Crippen LogP contribution in [0.1, 0.15) is 28.9 Å². The van der Waals surface area contributed by atoms with Gasteiger partial charge >= 0.3 is 0 Å². The Kier molecular flexibility index (Phi) is 2.39. The second-order valence-corrected chi connectivity index (χ2v) is 5.07. The molecule has 4 rings (SSSR count). The molecular weight excluding hydrogens is 248 g/mol. The molecule has 0 saturated heterocycles. The molecule has 2 aromatic carbocycles. The van der Waals surface area contributed by atoms with E-state index in [4.69, 9.17) is 0 Å². The van der Waals surface area contributed by atoms with Crippen molar-refractivity contribution in [3.63, 3.8) is 0 Å². The van der Waals surface area contributed by atoms with E-state index in [1.165, 1.54) is 5.56 Å². The van der Waals surface area contributed by atoms with Gasteiger partial charge in [-0.2, -0.15) is 0 Å². The van der Waals surface area contributed by atoms with E-state index in [0.717, 1.165) is 11.1 Å². The van der Waals surface area contributed by atoms with Crippen LogP contribution in [0.25, 0.3) is 6.08 Å². The zero-order valence-corrected chi connectivity index (χ0v) is 10.8. The van der Waals surface area contributed by atoms with Crippen LogP contribution in [0.2, 0.25) is 0 Å². The predicted octanol–water partition coefficient (Wildman–Crippen LogP) is 3.68. The minimum Gasteiger partial charge on any atom is -0.495 e. The first-order chi connectivity index (χ1) is 9.84. The molecule has 20 heavy (non-hydrogen) atoms. The average molecular weight is 262 g/mol. The van der Waals surface area contributed by atoms with Crippen LogP contribution in [0.4, 0.5) is 0 Å². The van der Waals surface area contributed by atoms with E-state index in [1.54, 1.807) is 0 Å². The third-order valence-electron chi connectivity index (χ3n) is 3.89. The Hall–Kier alpha value is -2.55. The highest BCUT2D eigenvalue weighted by Crippen LogP contribution is 2.42. The van der Waals surface area contributed by atoms with Gasteiger partial charge < -0.3 is 10.0 Å². The Bertz CT molecular complexity index is 706. The van der Waals surface area contributed by atoms with Gasteiger partial charge in [0.15, 0.2) is 5.88 Å². The fraction of sp³-hybridized carbons (Fsp3) is 0.118. The number of aliphatic hydroxyl groups excluding tert-OH is 1. The Morgan fingerprint density at radius 3 is 2.55 bits per heavy atom. The number of aliphatic hydroxyl groups is 1. The quantitative estimate of drug-likeness (QED) is 0.851. The summed E-state index contributed by atoms with van der Waals surface area (Å²) in [6.45, 7) is 0. The molecule has 3 nitrogen and oxygen atoms in total. The molecule has 0 amide bonds. The molecule has 2 unspecified atom stereocenters. The maximum absolute atomic E-state index is 10.4. The van der Waals surface area contributed by atoms with Crippen molar-refractivity contribution in [3.05, 3.63) is 77.2 Å². The largest absolute Gasteiger partial charge is 0.495 e. The van der Waals surface area contributed by atoms with E-state index in [-0.39, 0.29) is 18.1 Å². The van der Waals surface area contributed by atoms with E-state index in [9.17, 15) is 5.11 Å². The summed E-state index contributed by atoms with van der Waals surface area (Å²) in [7, 11) is 0. The molecular formula is C17H14N2O. The summed E-state index contributed by atoms with van der Waals surface area (Å²) >= 11 is 0. The maximum Gasteiger partial charge on any atom is 0.190 e. The summed E-state index contributed by atoms with van der Waals surface area (Å²) in [5, 5.41) is 10.4. The van der Waals surface area contributed by atoms with Crippen LogP contribution in [0.5, 0.6) is 0 Å². The van der Waals surface area contributed by atoms with Crippen LogP contribution in [-0.2, 0) is 0 Å². The van der Waals surface area contributed by atoms with Gasteiger partial charge in [-0.15, -0.1) is 0 Å². The van der Waals surface area contributed by atoms with Gasteiger partial charge in [-0.3, -0.25) is 4.99 Å². The first kappa shape index (κ1) is 11.3. The normalized spacial score (nSPS) is 23.2. The van der Waals surface area contributed by atoms with E-state index < -0.39 is 0 Å². The molecule has 0 aromatic heterocycles. The van der Waals surface area contributed by atoms with Gasteiger partial charge in [0.25, 0.3) is 0 Å². The zero-order chi connectivity index (χ0) is 13.5. The molecule has 0 aliphatic carbocycles. The monoisotopic (exact) mass is 262 g/mol. The Morgan fingerprint density at radius 1 is 0.950 bits per heavy atom. The highest BCUT2D eigenvalue weighted by Gasteiger charge is 2.37. The van der Waals surface area contributed by atoms with Crippen LogP contribution < -0.4 is 0 Å². The molecule has 0 radical (unpaired) electrons. The Balaban J connectivity index is 1.80. The van der Waals surface area contributed by atoms with Gasteiger partial charge in [0.2, 0.25) is 0 Å². The second-order valence-electron chi connectivity index (χ2n) is 5.07. The van der Waals surface area contributed by atoms with Crippen molar-refractivity contribution in [1.29, 1.82) is 0 Å². The van der Waals surface area contributed by atoms with Crippen molar-refractivity contribution < 1.29 is 5.11 Å². The molecule has 1 N–H and O–H groups in total. The fourth-order valence-electron chi connectivity index (χ4n) is 2.95. The molecule has 2 aliphatic rings. The molecule has 0 bridgehead atoms. The predicted molar refractivity (Wildman–Crippen MR) is 79.3 cm³/mol. The number of rotatable bonds is 1. The summed E-state index contributed by atoms with van der Waals surface area (Å²) < 4.78 is 0. The van der Waals surface area contributed by atoms with E-state index in [2.05, 4.69) is 11.1 Å². The smallest absolute Gasteiger partial charge is 0.190 e. The van der Waals surface area contributed by atoms with Crippen LogP contribution in [0.15, 0.2) is 65.5 Å². The third-order valence-corrected chi connectivity index (χ3v) is 3.89. The summed E-state index contributed by atoms with van der Waals surface area (Å²) in [6.07, 6.45) is 3.60. The standard InChI is InChI=1S/C17H14N2O/c20-16-10-13-8-4-5-9-14(13)15-11-18-17(19(15)16)12-6-2-1-3-7-12/h1-11,15,17,20H. The number of hydrogen-bond acceptors (Lipinski definition) is 3. The maximum atomic E-state index is 10.4. The lowest BCUT2D eigenvalue weighted by atomic mass is 9.96. The van der Waals surface area contributed by atoms with E-state index >= 15 is 0 Å². The van der Waals surface area contributed by atoms with Crippen LogP contribution in [-0.4, -0.2) is 16.2 Å². The van der Waals surface area contributed by atoms with Crippen LogP contribution in [0.3, 0.4) is 0 Å². The summed E-state index contributed by atoms with van der Waals surface area (Å²) in [5.41, 5.74) is 3.34. The summed E-state index contributed by atoms with van der Waals surface area (Å²) in [5.74, 6) is 0.278. The molecule has 2 aromatic rings. The van der Waals surface area contributed by atoms with E-state index in [0.29, 0.717) is 0 Å². The van der Waals surface area contributed by atoms with Crippen LogP contribution in [0, 0.1) is 0 Å². The molecule has 2 heterocycles. The lowest BCUT2D eigenvalue weighted by molar-refractivity contribution is 0.151.